The largest absolute Gasteiger partial charge is 0.496 e. The van der Waals surface area contributed by atoms with Gasteiger partial charge in [-0.1, -0.05) is 6.07 Å². The Balaban J connectivity index is 2.56. The molecule has 0 radical (unpaired) electrons. The molecule has 76 valence electrons. The number of hydrogen-bond acceptors (Lipinski definition) is 3. The molecule has 0 saturated heterocycles. The van der Waals surface area contributed by atoms with E-state index < -0.39 is 6.10 Å². The number of fused-ring (bicyclic) bond motifs is 1. The lowest BCUT2D eigenvalue weighted by Gasteiger charge is -2.14. The van der Waals surface area contributed by atoms with Crippen molar-refractivity contribution in [1.82, 2.24) is 0 Å². The molecule has 1 atom stereocenters. The van der Waals surface area contributed by atoms with E-state index in [4.69, 9.17) is 9.47 Å². The van der Waals surface area contributed by atoms with Crippen molar-refractivity contribution in [2.45, 2.75) is 26.2 Å². The Morgan fingerprint density at radius 1 is 1.43 bits per heavy atom. The number of benzene rings is 1. The number of ether oxygens (including phenoxy) is 2. The summed E-state index contributed by atoms with van der Waals surface area (Å²) >= 11 is 0. The van der Waals surface area contributed by atoms with E-state index in [1.807, 2.05) is 12.1 Å². The Morgan fingerprint density at radius 2 is 2.21 bits per heavy atom. The molecule has 3 nitrogen and oxygen atoms in total. The summed E-state index contributed by atoms with van der Waals surface area (Å²) in [6, 6.07) is 3.88. The highest BCUT2D eigenvalue weighted by Crippen LogP contribution is 2.34. The van der Waals surface area contributed by atoms with Gasteiger partial charge in [-0.05, 0) is 24.1 Å². The van der Waals surface area contributed by atoms with Gasteiger partial charge >= 0.3 is 0 Å². The summed E-state index contributed by atoms with van der Waals surface area (Å²) in [6.07, 6.45) is -0.512. The summed E-state index contributed by atoms with van der Waals surface area (Å²) in [4.78, 5) is 0. The van der Waals surface area contributed by atoms with Gasteiger partial charge in [-0.25, -0.2) is 0 Å². The lowest BCUT2D eigenvalue weighted by atomic mass is 9.99. The number of aliphatic hydroxyl groups is 1. The van der Waals surface area contributed by atoms with E-state index in [0.717, 1.165) is 22.4 Å². The highest BCUT2D eigenvalue weighted by atomic mass is 16.5. The summed E-state index contributed by atoms with van der Waals surface area (Å²) < 4.78 is 10.6. The maximum atomic E-state index is 9.66. The standard InChI is InChI=1S/C11H14O3/c1-7(12)11-9-6-14-5-8(9)3-4-10(11)13-2/h3-4,7,12H,5-6H2,1-2H3. The molecule has 1 heterocycles. The highest BCUT2D eigenvalue weighted by Gasteiger charge is 2.21. The van der Waals surface area contributed by atoms with Crippen LogP contribution in [0.15, 0.2) is 12.1 Å². The van der Waals surface area contributed by atoms with Gasteiger partial charge in [-0.3, -0.25) is 0 Å². The zero-order chi connectivity index (χ0) is 10.1. The van der Waals surface area contributed by atoms with Gasteiger partial charge in [0, 0.05) is 5.56 Å². The van der Waals surface area contributed by atoms with Crippen molar-refractivity contribution in [2.75, 3.05) is 7.11 Å². The van der Waals surface area contributed by atoms with Crippen molar-refractivity contribution in [2.24, 2.45) is 0 Å². The summed E-state index contributed by atoms with van der Waals surface area (Å²) in [5.41, 5.74) is 3.10. The number of aliphatic hydroxyl groups excluding tert-OH is 1. The molecule has 1 aliphatic heterocycles. The minimum absolute atomic E-state index is 0.512. The molecule has 0 saturated carbocycles. The molecule has 1 N–H and O–H groups in total. The van der Waals surface area contributed by atoms with Crippen molar-refractivity contribution in [1.29, 1.82) is 0 Å². The van der Waals surface area contributed by atoms with Crippen LogP contribution >= 0.6 is 0 Å². The lowest BCUT2D eigenvalue weighted by Crippen LogP contribution is -2.01. The van der Waals surface area contributed by atoms with Gasteiger partial charge in [0.1, 0.15) is 5.75 Å². The molecule has 0 aromatic heterocycles. The van der Waals surface area contributed by atoms with Crippen molar-refractivity contribution in [3.05, 3.63) is 28.8 Å². The van der Waals surface area contributed by atoms with Crippen LogP contribution in [0.1, 0.15) is 29.7 Å². The van der Waals surface area contributed by atoms with Crippen LogP contribution in [0.25, 0.3) is 0 Å². The average Bonchev–Trinajstić information content (AvgIpc) is 2.62. The normalized spacial score (nSPS) is 16.5. The summed E-state index contributed by atoms with van der Waals surface area (Å²) in [7, 11) is 1.61. The molecular weight excluding hydrogens is 180 g/mol. The van der Waals surface area contributed by atoms with E-state index in [1.165, 1.54) is 0 Å². The molecule has 1 aromatic rings. The summed E-state index contributed by atoms with van der Waals surface area (Å²) in [5.74, 6) is 0.740. The van der Waals surface area contributed by atoms with E-state index in [1.54, 1.807) is 14.0 Å². The van der Waals surface area contributed by atoms with E-state index in [2.05, 4.69) is 0 Å². The molecule has 14 heavy (non-hydrogen) atoms. The molecule has 0 aliphatic carbocycles. The Hall–Kier alpha value is -1.06. The van der Waals surface area contributed by atoms with Crippen molar-refractivity contribution >= 4 is 0 Å². The fourth-order valence-corrected chi connectivity index (χ4v) is 1.89. The van der Waals surface area contributed by atoms with Gasteiger partial charge in [0.15, 0.2) is 0 Å². The Bertz CT molecular complexity index is 345. The minimum Gasteiger partial charge on any atom is -0.496 e. The Kier molecular flexibility index (Phi) is 2.44. The first-order valence-electron chi connectivity index (χ1n) is 4.68. The Morgan fingerprint density at radius 3 is 2.86 bits per heavy atom. The number of rotatable bonds is 2. The molecule has 0 fully saturated rings. The van der Waals surface area contributed by atoms with E-state index in [9.17, 15) is 5.11 Å². The molecular formula is C11H14O3. The van der Waals surface area contributed by atoms with Gasteiger partial charge in [0.05, 0.1) is 26.4 Å². The number of hydrogen-bond donors (Lipinski definition) is 1. The number of methoxy groups -OCH3 is 1. The second-order valence-electron chi connectivity index (χ2n) is 3.49. The molecule has 0 spiro atoms. The average molecular weight is 194 g/mol. The third-order valence-electron chi connectivity index (χ3n) is 2.56. The molecule has 2 rings (SSSR count). The molecule has 1 aromatic carbocycles. The van der Waals surface area contributed by atoms with E-state index in [0.29, 0.717) is 13.2 Å². The predicted molar refractivity (Wildman–Crippen MR) is 52.1 cm³/mol. The highest BCUT2D eigenvalue weighted by molar-refractivity contribution is 5.47. The topological polar surface area (TPSA) is 38.7 Å². The smallest absolute Gasteiger partial charge is 0.125 e. The van der Waals surface area contributed by atoms with Gasteiger partial charge in [0.25, 0.3) is 0 Å². The zero-order valence-corrected chi connectivity index (χ0v) is 8.41. The molecule has 0 bridgehead atoms. The summed E-state index contributed by atoms with van der Waals surface area (Å²) in [5, 5.41) is 9.66. The van der Waals surface area contributed by atoms with Gasteiger partial charge in [-0.15, -0.1) is 0 Å². The van der Waals surface area contributed by atoms with Gasteiger partial charge < -0.3 is 14.6 Å². The fraction of sp³-hybridized carbons (Fsp3) is 0.455. The third-order valence-corrected chi connectivity index (χ3v) is 2.56. The first-order valence-corrected chi connectivity index (χ1v) is 4.68. The van der Waals surface area contributed by atoms with Crippen molar-refractivity contribution in [3.8, 4) is 5.75 Å². The first kappa shape index (κ1) is 9.49. The monoisotopic (exact) mass is 194 g/mol. The van der Waals surface area contributed by atoms with Crippen LogP contribution in [0.5, 0.6) is 5.75 Å². The molecule has 1 unspecified atom stereocenters. The molecule has 3 heteroatoms. The third kappa shape index (κ3) is 1.38. The van der Waals surface area contributed by atoms with Crippen LogP contribution in [-0.2, 0) is 18.0 Å². The van der Waals surface area contributed by atoms with Crippen molar-refractivity contribution < 1.29 is 14.6 Å². The van der Waals surface area contributed by atoms with Crippen LogP contribution in [0.4, 0.5) is 0 Å². The minimum atomic E-state index is -0.512. The predicted octanol–water partition coefficient (Wildman–Crippen LogP) is 1.78. The molecule has 0 amide bonds. The SMILES string of the molecule is COc1ccc2c(c1C(C)O)COC2. The van der Waals surface area contributed by atoms with Crippen LogP contribution in [0, 0.1) is 0 Å². The van der Waals surface area contributed by atoms with E-state index >= 15 is 0 Å². The maximum Gasteiger partial charge on any atom is 0.125 e. The van der Waals surface area contributed by atoms with Crippen LogP contribution in [0.3, 0.4) is 0 Å². The lowest BCUT2D eigenvalue weighted by molar-refractivity contribution is 0.131. The van der Waals surface area contributed by atoms with Gasteiger partial charge in [0.2, 0.25) is 0 Å². The zero-order valence-electron chi connectivity index (χ0n) is 8.41. The van der Waals surface area contributed by atoms with E-state index in [-0.39, 0.29) is 0 Å². The second-order valence-corrected chi connectivity index (χ2v) is 3.49. The van der Waals surface area contributed by atoms with Crippen LogP contribution in [-0.4, -0.2) is 12.2 Å². The first-order chi connectivity index (χ1) is 6.74. The quantitative estimate of drug-likeness (QED) is 0.780. The Labute approximate surface area is 83.3 Å². The summed E-state index contributed by atoms with van der Waals surface area (Å²) in [6.45, 7) is 2.96. The second kappa shape index (κ2) is 3.59. The molecule has 1 aliphatic rings. The fourth-order valence-electron chi connectivity index (χ4n) is 1.89. The van der Waals surface area contributed by atoms with Gasteiger partial charge in [-0.2, -0.15) is 0 Å². The van der Waals surface area contributed by atoms with Crippen molar-refractivity contribution in [3.63, 3.8) is 0 Å². The van der Waals surface area contributed by atoms with Crippen LogP contribution in [0.2, 0.25) is 0 Å². The van der Waals surface area contributed by atoms with Crippen LogP contribution < -0.4 is 4.74 Å². The maximum absolute atomic E-state index is 9.66.